The number of pyridine rings is 1. The van der Waals surface area contributed by atoms with Crippen molar-refractivity contribution in [3.05, 3.63) is 38.4 Å². The summed E-state index contributed by atoms with van der Waals surface area (Å²) in [6.45, 7) is 0. The standard InChI is InChI=1S/C12H6Br2ClN3O/c13-5-4-6(15)10(16)9(14)8(5)12-18-11-7(19-12)2-1-3-17-11/h1-4H,16H2. The van der Waals surface area contributed by atoms with E-state index >= 15 is 0 Å². The number of halogens is 3. The largest absolute Gasteiger partial charge is 0.434 e. The Morgan fingerprint density at radius 3 is 2.84 bits per heavy atom. The molecule has 7 heteroatoms. The fourth-order valence-corrected chi connectivity index (χ4v) is 3.59. The van der Waals surface area contributed by atoms with Crippen LogP contribution >= 0.6 is 43.5 Å². The molecule has 0 atom stereocenters. The Morgan fingerprint density at radius 2 is 2.11 bits per heavy atom. The molecule has 0 bridgehead atoms. The molecular weight excluding hydrogens is 397 g/mol. The highest BCUT2D eigenvalue weighted by Gasteiger charge is 2.19. The molecule has 4 nitrogen and oxygen atoms in total. The van der Waals surface area contributed by atoms with E-state index in [2.05, 4.69) is 41.8 Å². The number of hydrogen-bond acceptors (Lipinski definition) is 4. The van der Waals surface area contributed by atoms with Crippen LogP contribution < -0.4 is 5.73 Å². The summed E-state index contributed by atoms with van der Waals surface area (Å²) in [6, 6.07) is 5.30. The third-order valence-electron chi connectivity index (χ3n) is 2.58. The first-order valence-corrected chi connectivity index (χ1v) is 7.19. The zero-order valence-corrected chi connectivity index (χ0v) is 13.3. The Kier molecular flexibility index (Phi) is 3.24. The summed E-state index contributed by atoms with van der Waals surface area (Å²) in [5.41, 5.74) is 8.21. The molecular formula is C12H6Br2ClN3O. The van der Waals surface area contributed by atoms with Crippen molar-refractivity contribution in [3.63, 3.8) is 0 Å². The van der Waals surface area contributed by atoms with Crippen LogP contribution in [0.5, 0.6) is 0 Å². The average Bonchev–Trinajstić information content (AvgIpc) is 2.79. The van der Waals surface area contributed by atoms with E-state index in [1.54, 1.807) is 24.4 Å². The number of fused-ring (bicyclic) bond motifs is 1. The van der Waals surface area contributed by atoms with Gasteiger partial charge in [-0.1, -0.05) is 11.6 Å². The minimum atomic E-state index is 0.427. The lowest BCUT2D eigenvalue weighted by Gasteiger charge is -2.08. The fourth-order valence-electron chi connectivity index (χ4n) is 1.68. The lowest BCUT2D eigenvalue weighted by Crippen LogP contribution is -1.92. The molecule has 0 unspecified atom stereocenters. The van der Waals surface area contributed by atoms with Gasteiger partial charge in [-0.3, -0.25) is 0 Å². The van der Waals surface area contributed by atoms with Crippen LogP contribution in [0.4, 0.5) is 5.69 Å². The number of aromatic nitrogens is 2. The van der Waals surface area contributed by atoms with Crippen LogP contribution in [0.25, 0.3) is 22.7 Å². The number of nitrogens with two attached hydrogens (primary N) is 1. The molecule has 0 fully saturated rings. The summed E-state index contributed by atoms with van der Waals surface area (Å²) in [4.78, 5) is 8.47. The molecule has 3 aromatic rings. The van der Waals surface area contributed by atoms with Gasteiger partial charge < -0.3 is 10.2 Å². The molecule has 0 aliphatic heterocycles. The first-order chi connectivity index (χ1) is 9.08. The predicted molar refractivity (Wildman–Crippen MR) is 82.1 cm³/mol. The van der Waals surface area contributed by atoms with Crippen LogP contribution in [-0.2, 0) is 0 Å². The highest BCUT2D eigenvalue weighted by Crippen LogP contribution is 2.42. The van der Waals surface area contributed by atoms with E-state index in [1.807, 2.05) is 0 Å². The van der Waals surface area contributed by atoms with Gasteiger partial charge >= 0.3 is 0 Å². The minimum absolute atomic E-state index is 0.427. The molecule has 3 rings (SSSR count). The van der Waals surface area contributed by atoms with Gasteiger partial charge in [0, 0.05) is 10.7 Å². The Hall–Kier alpha value is -1.11. The molecule has 19 heavy (non-hydrogen) atoms. The summed E-state index contributed by atoms with van der Waals surface area (Å²) in [5.74, 6) is 0.427. The van der Waals surface area contributed by atoms with Crippen molar-refractivity contribution >= 4 is 60.4 Å². The smallest absolute Gasteiger partial charge is 0.231 e. The second-order valence-corrected chi connectivity index (χ2v) is 5.84. The van der Waals surface area contributed by atoms with Crippen molar-refractivity contribution < 1.29 is 4.42 Å². The average molecular weight is 403 g/mol. The van der Waals surface area contributed by atoms with Crippen LogP contribution in [0.2, 0.25) is 5.02 Å². The van der Waals surface area contributed by atoms with Crippen molar-refractivity contribution in [2.45, 2.75) is 0 Å². The maximum Gasteiger partial charge on any atom is 0.231 e. The van der Waals surface area contributed by atoms with E-state index in [0.29, 0.717) is 37.9 Å². The predicted octanol–water partition coefficient (Wildman–Crippen LogP) is 4.65. The summed E-state index contributed by atoms with van der Waals surface area (Å²) < 4.78 is 7.06. The third-order valence-corrected chi connectivity index (χ3v) is 4.35. The van der Waals surface area contributed by atoms with Crippen LogP contribution in [0.3, 0.4) is 0 Å². The Balaban J connectivity index is 2.29. The Bertz CT molecular complexity index is 755. The molecule has 0 aliphatic carbocycles. The van der Waals surface area contributed by atoms with Crippen LogP contribution in [-0.4, -0.2) is 9.97 Å². The van der Waals surface area contributed by atoms with E-state index in [9.17, 15) is 0 Å². The number of benzene rings is 1. The van der Waals surface area contributed by atoms with E-state index in [-0.39, 0.29) is 0 Å². The topological polar surface area (TPSA) is 64.9 Å². The van der Waals surface area contributed by atoms with Gasteiger partial charge in [-0.15, -0.1) is 0 Å². The summed E-state index contributed by atoms with van der Waals surface area (Å²) in [7, 11) is 0. The monoisotopic (exact) mass is 401 g/mol. The molecule has 0 saturated heterocycles. The third kappa shape index (κ3) is 2.13. The Morgan fingerprint density at radius 1 is 1.32 bits per heavy atom. The summed E-state index contributed by atoms with van der Waals surface area (Å²) in [5, 5.41) is 0.455. The lowest BCUT2D eigenvalue weighted by molar-refractivity contribution is 0.619. The molecule has 0 spiro atoms. The van der Waals surface area contributed by atoms with Gasteiger partial charge in [0.15, 0.2) is 11.2 Å². The summed E-state index contributed by atoms with van der Waals surface area (Å²) >= 11 is 12.9. The van der Waals surface area contributed by atoms with E-state index < -0.39 is 0 Å². The van der Waals surface area contributed by atoms with Gasteiger partial charge in [0.05, 0.1) is 20.7 Å². The second-order valence-electron chi connectivity index (χ2n) is 3.79. The van der Waals surface area contributed by atoms with Crippen molar-refractivity contribution in [3.8, 4) is 11.5 Å². The second kappa shape index (κ2) is 4.77. The first-order valence-electron chi connectivity index (χ1n) is 5.23. The molecule has 1 aromatic carbocycles. The lowest BCUT2D eigenvalue weighted by atomic mass is 10.2. The van der Waals surface area contributed by atoms with Gasteiger partial charge in [-0.2, -0.15) is 4.98 Å². The van der Waals surface area contributed by atoms with Crippen LogP contribution in [0.15, 0.2) is 37.8 Å². The van der Waals surface area contributed by atoms with E-state index in [0.717, 1.165) is 4.47 Å². The van der Waals surface area contributed by atoms with Crippen molar-refractivity contribution in [2.24, 2.45) is 0 Å². The van der Waals surface area contributed by atoms with Gasteiger partial charge in [0.2, 0.25) is 5.89 Å². The molecule has 2 heterocycles. The minimum Gasteiger partial charge on any atom is -0.434 e. The molecule has 0 aliphatic rings. The number of oxazole rings is 1. The van der Waals surface area contributed by atoms with E-state index in [4.69, 9.17) is 21.8 Å². The number of anilines is 1. The zero-order chi connectivity index (χ0) is 13.6. The normalized spacial score (nSPS) is 11.1. The maximum absolute atomic E-state index is 6.01. The zero-order valence-electron chi connectivity index (χ0n) is 9.32. The number of rotatable bonds is 1. The molecule has 96 valence electrons. The van der Waals surface area contributed by atoms with Gasteiger partial charge in [0.1, 0.15) is 0 Å². The number of nitrogens with zero attached hydrogens (tertiary/aromatic N) is 2. The summed E-state index contributed by atoms with van der Waals surface area (Å²) in [6.07, 6.45) is 1.66. The molecule has 0 radical (unpaired) electrons. The van der Waals surface area contributed by atoms with Crippen molar-refractivity contribution in [1.82, 2.24) is 9.97 Å². The van der Waals surface area contributed by atoms with Crippen molar-refractivity contribution in [1.29, 1.82) is 0 Å². The molecule has 2 aromatic heterocycles. The van der Waals surface area contributed by atoms with Crippen LogP contribution in [0, 0.1) is 0 Å². The number of nitrogen functional groups attached to an aromatic ring is 1. The quantitative estimate of drug-likeness (QED) is 0.601. The van der Waals surface area contributed by atoms with Crippen molar-refractivity contribution in [2.75, 3.05) is 5.73 Å². The maximum atomic E-state index is 6.01. The van der Waals surface area contributed by atoms with Gasteiger partial charge in [-0.05, 0) is 50.1 Å². The van der Waals surface area contributed by atoms with Gasteiger partial charge in [-0.25, -0.2) is 4.98 Å². The van der Waals surface area contributed by atoms with Gasteiger partial charge in [0.25, 0.3) is 0 Å². The van der Waals surface area contributed by atoms with E-state index in [1.165, 1.54) is 0 Å². The SMILES string of the molecule is Nc1c(Cl)cc(Br)c(-c2nc3ncccc3o2)c1Br. The molecule has 0 amide bonds. The Labute approximate surface area is 130 Å². The van der Waals surface area contributed by atoms with Crippen LogP contribution in [0.1, 0.15) is 0 Å². The highest BCUT2D eigenvalue weighted by molar-refractivity contribution is 9.11. The first kappa shape index (κ1) is 12.9. The fraction of sp³-hybridized carbons (Fsp3) is 0. The molecule has 2 N–H and O–H groups in total. The highest BCUT2D eigenvalue weighted by atomic mass is 79.9. The molecule has 0 saturated carbocycles. The number of hydrogen-bond donors (Lipinski definition) is 1.